The summed E-state index contributed by atoms with van der Waals surface area (Å²) in [4.78, 5) is 52.0. The van der Waals surface area contributed by atoms with E-state index in [1.165, 1.54) is 0 Å². The highest BCUT2D eigenvalue weighted by molar-refractivity contribution is 5.99. The Labute approximate surface area is 317 Å². The Bertz CT molecular complexity index is 1430. The van der Waals surface area contributed by atoms with Crippen LogP contribution in [0.3, 0.4) is 0 Å². The lowest BCUT2D eigenvalue weighted by atomic mass is 9.78. The highest BCUT2D eigenvalue weighted by Crippen LogP contribution is 2.33. The molecule has 0 amide bonds. The first kappa shape index (κ1) is 42.4. The Morgan fingerprint density at radius 3 is 2.45 bits per heavy atom. The summed E-state index contributed by atoms with van der Waals surface area (Å²) < 4.78 is 24.1. The number of hydrogen-bond acceptors (Lipinski definition) is 12. The summed E-state index contributed by atoms with van der Waals surface area (Å²) in [7, 11) is 7.82. The molecule has 1 aromatic heterocycles. The molecule has 12 heteroatoms. The summed E-state index contributed by atoms with van der Waals surface area (Å²) in [6.07, 6.45) is 13.0. The van der Waals surface area contributed by atoms with Crippen LogP contribution in [-0.4, -0.2) is 116 Å². The molecule has 0 bridgehead atoms. The average molecular weight is 740 g/mol. The molecule has 3 aliphatic heterocycles. The van der Waals surface area contributed by atoms with E-state index in [2.05, 4.69) is 52.2 Å². The van der Waals surface area contributed by atoms with Crippen molar-refractivity contribution in [3.05, 3.63) is 42.6 Å². The number of methoxy groups -OCH3 is 1. The summed E-state index contributed by atoms with van der Waals surface area (Å²) in [6.45, 7) is 13.3. The second-order valence-electron chi connectivity index (χ2n) is 15.8. The summed E-state index contributed by atoms with van der Waals surface area (Å²) in [5.74, 6) is -1.97. The van der Waals surface area contributed by atoms with Crippen LogP contribution in [-0.2, 0) is 28.6 Å². The van der Waals surface area contributed by atoms with Crippen molar-refractivity contribution in [1.29, 1.82) is 0 Å². The number of carbonyl (C=O) groups is 3. The van der Waals surface area contributed by atoms with Gasteiger partial charge in [-0.3, -0.25) is 19.4 Å². The van der Waals surface area contributed by atoms with Crippen molar-refractivity contribution in [1.82, 2.24) is 25.0 Å². The summed E-state index contributed by atoms with van der Waals surface area (Å²) in [5, 5.41) is 3.29. The molecule has 4 rings (SSSR count). The number of esters is 1. The maximum absolute atomic E-state index is 14.1. The van der Waals surface area contributed by atoms with Gasteiger partial charge in [0.15, 0.2) is 12.1 Å². The lowest BCUT2D eigenvalue weighted by Gasteiger charge is -2.41. The SMILES string of the molecule is COc1ccncc1C1=CN(CCCCN(C)[C@H]2CCOC(=O)[C@H](C)C(=O)[C@H](C)[C@@H](O[C@H]3C[C@@H](N(C)C)C[C@@H](C)O3)[C@@H](C)C[C@@H](C)C(=O)[C@@H]2C)C=CN1. The van der Waals surface area contributed by atoms with Gasteiger partial charge in [0, 0.05) is 73.8 Å². The number of Topliss-reactive ketones (excluding diaryl/α,β-unsaturated/α-hetero) is 2. The number of nitrogens with one attached hydrogen (secondary N) is 1. The number of nitrogens with zero attached hydrogens (tertiary/aromatic N) is 4. The predicted octanol–water partition coefficient (Wildman–Crippen LogP) is 5.34. The zero-order valence-electron chi connectivity index (χ0n) is 33.7. The number of unbranched alkanes of at least 4 members (excludes halogenated alkanes) is 1. The normalized spacial score (nSPS) is 32.3. The van der Waals surface area contributed by atoms with Gasteiger partial charge in [0.2, 0.25) is 0 Å². The molecule has 12 nitrogen and oxygen atoms in total. The Morgan fingerprint density at radius 1 is 0.981 bits per heavy atom. The summed E-state index contributed by atoms with van der Waals surface area (Å²) in [5.41, 5.74) is 1.81. The number of aromatic nitrogens is 1. The van der Waals surface area contributed by atoms with Crippen LogP contribution < -0.4 is 10.1 Å². The van der Waals surface area contributed by atoms with Crippen molar-refractivity contribution >= 4 is 23.2 Å². The van der Waals surface area contributed by atoms with E-state index in [9.17, 15) is 14.4 Å². The van der Waals surface area contributed by atoms with Crippen LogP contribution in [0.5, 0.6) is 5.75 Å². The zero-order valence-corrected chi connectivity index (χ0v) is 33.7. The fourth-order valence-corrected chi connectivity index (χ4v) is 8.22. The van der Waals surface area contributed by atoms with Gasteiger partial charge in [0.1, 0.15) is 17.5 Å². The van der Waals surface area contributed by atoms with Gasteiger partial charge in [-0.2, -0.15) is 0 Å². The van der Waals surface area contributed by atoms with Crippen LogP contribution in [0.25, 0.3) is 5.70 Å². The van der Waals surface area contributed by atoms with Gasteiger partial charge in [-0.05, 0) is 85.6 Å². The second kappa shape index (κ2) is 19.8. The molecule has 4 heterocycles. The Kier molecular flexibility index (Phi) is 15.9. The molecule has 0 saturated carbocycles. The first-order valence-electron chi connectivity index (χ1n) is 19.5. The fraction of sp³-hybridized carbons (Fsp3) is 0.707. The average Bonchev–Trinajstić information content (AvgIpc) is 3.14. The first-order chi connectivity index (χ1) is 25.2. The first-order valence-corrected chi connectivity index (χ1v) is 19.5. The van der Waals surface area contributed by atoms with E-state index in [-0.39, 0.29) is 48.1 Å². The summed E-state index contributed by atoms with van der Waals surface area (Å²) in [6, 6.07) is 2.01. The van der Waals surface area contributed by atoms with Crippen molar-refractivity contribution in [3.8, 4) is 5.75 Å². The lowest BCUT2D eigenvalue weighted by Crippen LogP contribution is -2.48. The zero-order chi connectivity index (χ0) is 38.8. The van der Waals surface area contributed by atoms with Crippen LogP contribution in [0.15, 0.2) is 37.1 Å². The molecule has 0 unspecified atom stereocenters. The van der Waals surface area contributed by atoms with Crippen molar-refractivity contribution in [3.63, 3.8) is 0 Å². The third-order valence-corrected chi connectivity index (χ3v) is 11.5. The number of carbonyl (C=O) groups excluding carboxylic acids is 3. The van der Waals surface area contributed by atoms with Crippen LogP contribution in [0.1, 0.15) is 85.6 Å². The molecule has 1 N–H and O–H groups in total. The molecule has 2 fully saturated rings. The van der Waals surface area contributed by atoms with Gasteiger partial charge >= 0.3 is 5.97 Å². The second-order valence-corrected chi connectivity index (χ2v) is 15.8. The third kappa shape index (κ3) is 11.3. The number of ketones is 2. The van der Waals surface area contributed by atoms with Gasteiger partial charge in [0.25, 0.3) is 0 Å². The molecule has 53 heavy (non-hydrogen) atoms. The Morgan fingerprint density at radius 2 is 1.74 bits per heavy atom. The van der Waals surface area contributed by atoms with Crippen LogP contribution in [0, 0.1) is 29.6 Å². The third-order valence-electron chi connectivity index (χ3n) is 11.5. The van der Waals surface area contributed by atoms with E-state index in [4.69, 9.17) is 18.9 Å². The van der Waals surface area contributed by atoms with E-state index in [0.717, 1.165) is 49.4 Å². The van der Waals surface area contributed by atoms with E-state index in [1.54, 1.807) is 26.4 Å². The van der Waals surface area contributed by atoms with E-state index in [1.807, 2.05) is 53.2 Å². The van der Waals surface area contributed by atoms with Crippen molar-refractivity contribution in [2.45, 2.75) is 111 Å². The molecule has 2 saturated heterocycles. The van der Waals surface area contributed by atoms with Crippen LogP contribution >= 0.6 is 0 Å². The van der Waals surface area contributed by atoms with Crippen molar-refractivity contribution in [2.75, 3.05) is 47.9 Å². The smallest absolute Gasteiger partial charge is 0.316 e. The van der Waals surface area contributed by atoms with Crippen LogP contribution in [0.4, 0.5) is 0 Å². The van der Waals surface area contributed by atoms with E-state index < -0.39 is 30.2 Å². The maximum atomic E-state index is 14.1. The molecule has 296 valence electrons. The Balaban J connectivity index is 1.42. The van der Waals surface area contributed by atoms with Gasteiger partial charge in [0.05, 0.1) is 37.2 Å². The maximum Gasteiger partial charge on any atom is 0.316 e. The number of ether oxygens (including phenoxy) is 4. The monoisotopic (exact) mass is 739 g/mol. The number of pyridine rings is 1. The van der Waals surface area contributed by atoms with Gasteiger partial charge < -0.3 is 39.0 Å². The topological polar surface area (TPSA) is 123 Å². The summed E-state index contributed by atoms with van der Waals surface area (Å²) >= 11 is 0. The molecule has 10 atom stereocenters. The highest BCUT2D eigenvalue weighted by atomic mass is 16.7. The minimum Gasteiger partial charge on any atom is -0.496 e. The number of cyclic esters (lactones) is 1. The molecule has 0 aliphatic carbocycles. The molecule has 0 aromatic carbocycles. The molecular formula is C41H65N5O7. The minimum absolute atomic E-state index is 0.00998. The fourth-order valence-electron chi connectivity index (χ4n) is 8.22. The minimum atomic E-state index is -0.924. The van der Waals surface area contributed by atoms with Crippen LogP contribution in [0.2, 0.25) is 0 Å². The highest BCUT2D eigenvalue weighted by Gasteiger charge is 2.41. The van der Waals surface area contributed by atoms with E-state index in [0.29, 0.717) is 25.3 Å². The van der Waals surface area contributed by atoms with Crippen molar-refractivity contribution < 1.29 is 33.3 Å². The number of hydrogen-bond donors (Lipinski definition) is 1. The molecule has 1 aromatic rings. The molecular weight excluding hydrogens is 674 g/mol. The quantitative estimate of drug-likeness (QED) is 0.179. The Hall–Kier alpha value is -3.32. The molecule has 0 radical (unpaired) electrons. The van der Waals surface area contributed by atoms with Crippen molar-refractivity contribution in [2.24, 2.45) is 29.6 Å². The largest absolute Gasteiger partial charge is 0.496 e. The standard InChI is InChI=1S/C41H65N5O7/c1-26-21-27(2)40(53-37-23-32(44(7)8)22-28(3)52-37)30(5)39(48)31(6)41(49)51-20-14-35(29(4)38(26)47)45(9)17-11-12-18-46-19-16-43-34(25-46)33-24-42-15-13-36(33)50-10/h13,15-16,19,24-32,35,37,40,43H,11-12,14,17-18,20-23H2,1-10H3/t26-,27+,28-,29-,30+,31-,32+,35+,37+,40+/m1/s1. The molecule has 0 spiro atoms. The lowest BCUT2D eigenvalue weighted by molar-refractivity contribution is -0.236. The van der Waals surface area contributed by atoms with Gasteiger partial charge in [-0.25, -0.2) is 0 Å². The van der Waals surface area contributed by atoms with Gasteiger partial charge in [-0.15, -0.1) is 0 Å². The van der Waals surface area contributed by atoms with E-state index >= 15 is 0 Å². The molecule has 3 aliphatic rings. The predicted molar refractivity (Wildman–Crippen MR) is 205 cm³/mol. The number of rotatable bonds is 11. The van der Waals surface area contributed by atoms with Gasteiger partial charge in [-0.1, -0.05) is 27.7 Å².